The first-order chi connectivity index (χ1) is 6.81. The van der Waals surface area contributed by atoms with E-state index >= 15 is 0 Å². The molecule has 1 aliphatic heterocycles. The summed E-state index contributed by atoms with van der Waals surface area (Å²) in [6, 6.07) is 8.00. The summed E-state index contributed by atoms with van der Waals surface area (Å²) >= 11 is 0. The van der Waals surface area contributed by atoms with Crippen LogP contribution in [0.1, 0.15) is 11.1 Å². The first kappa shape index (κ1) is 8.76. The summed E-state index contributed by atoms with van der Waals surface area (Å²) in [6.45, 7) is 3.75. The van der Waals surface area contributed by atoms with Gasteiger partial charge in [0.05, 0.1) is 24.5 Å². The molecule has 0 bridgehead atoms. The number of anilines is 1. The van der Waals surface area contributed by atoms with Crippen LogP contribution in [0, 0.1) is 18.3 Å². The minimum absolute atomic E-state index is 0.741. The number of nitriles is 1. The highest BCUT2D eigenvalue weighted by molar-refractivity contribution is 5.81. The Morgan fingerprint density at radius 3 is 2.93 bits per heavy atom. The van der Waals surface area contributed by atoms with Crippen molar-refractivity contribution in [2.24, 2.45) is 4.99 Å². The summed E-state index contributed by atoms with van der Waals surface area (Å²) in [5.41, 5.74) is 2.87. The van der Waals surface area contributed by atoms with Crippen molar-refractivity contribution in [3.8, 4) is 6.07 Å². The van der Waals surface area contributed by atoms with Crippen molar-refractivity contribution in [3.63, 3.8) is 0 Å². The lowest BCUT2D eigenvalue weighted by molar-refractivity contribution is 1.02. The molecular weight excluding hydrogens is 174 g/mol. The fourth-order valence-electron chi connectivity index (χ4n) is 1.53. The van der Waals surface area contributed by atoms with E-state index < -0.39 is 0 Å². The first-order valence-corrected chi connectivity index (χ1v) is 4.58. The summed E-state index contributed by atoms with van der Waals surface area (Å²) in [5.74, 6) is 0. The van der Waals surface area contributed by atoms with Crippen LogP contribution in [0.5, 0.6) is 0 Å². The largest absolute Gasteiger partial charge is 0.331 e. The maximum atomic E-state index is 8.78. The second-order valence-corrected chi connectivity index (χ2v) is 3.33. The van der Waals surface area contributed by atoms with Crippen molar-refractivity contribution in [3.05, 3.63) is 29.3 Å². The molecule has 1 aliphatic rings. The maximum absolute atomic E-state index is 8.78. The monoisotopic (exact) mass is 185 g/mol. The van der Waals surface area contributed by atoms with Crippen LogP contribution in [0.15, 0.2) is 23.2 Å². The molecule has 0 radical (unpaired) electrons. The Labute approximate surface area is 83.3 Å². The molecule has 0 unspecified atom stereocenters. The fraction of sp³-hybridized carbons (Fsp3) is 0.273. The Morgan fingerprint density at radius 1 is 1.50 bits per heavy atom. The second kappa shape index (κ2) is 3.51. The molecule has 0 spiro atoms. The van der Waals surface area contributed by atoms with Gasteiger partial charge in [-0.15, -0.1) is 0 Å². The minimum atomic E-state index is 0.741. The Hall–Kier alpha value is -1.82. The normalized spacial score (nSPS) is 14.4. The van der Waals surface area contributed by atoms with Crippen molar-refractivity contribution >= 4 is 12.0 Å². The van der Waals surface area contributed by atoms with Gasteiger partial charge < -0.3 is 4.90 Å². The Bertz CT molecular complexity index is 415. The van der Waals surface area contributed by atoms with E-state index in [-0.39, 0.29) is 0 Å². The van der Waals surface area contributed by atoms with E-state index in [4.69, 9.17) is 5.26 Å². The van der Waals surface area contributed by atoms with Gasteiger partial charge in [-0.2, -0.15) is 5.26 Å². The van der Waals surface area contributed by atoms with Crippen molar-refractivity contribution in [1.29, 1.82) is 5.26 Å². The lowest BCUT2D eigenvalue weighted by atomic mass is 10.1. The lowest BCUT2D eigenvalue weighted by Crippen LogP contribution is -2.18. The van der Waals surface area contributed by atoms with Crippen LogP contribution in [0.4, 0.5) is 5.69 Å². The molecule has 0 aliphatic carbocycles. The minimum Gasteiger partial charge on any atom is -0.331 e. The summed E-state index contributed by atoms with van der Waals surface area (Å²) < 4.78 is 0. The number of benzene rings is 1. The van der Waals surface area contributed by atoms with Gasteiger partial charge in [-0.1, -0.05) is 0 Å². The molecule has 14 heavy (non-hydrogen) atoms. The van der Waals surface area contributed by atoms with Crippen LogP contribution >= 0.6 is 0 Å². The van der Waals surface area contributed by atoms with Crippen molar-refractivity contribution in [2.45, 2.75) is 6.92 Å². The molecule has 3 heteroatoms. The molecule has 1 heterocycles. The molecule has 0 N–H and O–H groups in total. The standard InChI is InChI=1S/C11H11N3/c1-9-6-11(3-2-10(9)7-12)14-5-4-13-8-14/h2-3,6,8H,4-5H2,1H3. The second-order valence-electron chi connectivity index (χ2n) is 3.33. The molecule has 1 aromatic rings. The first-order valence-electron chi connectivity index (χ1n) is 4.58. The number of aliphatic imine (C=N–C) groups is 1. The topological polar surface area (TPSA) is 39.4 Å². The zero-order valence-corrected chi connectivity index (χ0v) is 8.07. The van der Waals surface area contributed by atoms with E-state index in [9.17, 15) is 0 Å². The molecule has 0 aromatic heterocycles. The van der Waals surface area contributed by atoms with Gasteiger partial charge in [-0.05, 0) is 30.7 Å². The average molecular weight is 185 g/mol. The third-order valence-corrected chi connectivity index (χ3v) is 2.35. The van der Waals surface area contributed by atoms with Gasteiger partial charge in [-0.3, -0.25) is 4.99 Å². The molecule has 70 valence electrons. The van der Waals surface area contributed by atoms with E-state index in [1.54, 1.807) is 0 Å². The third kappa shape index (κ3) is 1.47. The number of hydrogen-bond donors (Lipinski definition) is 0. The van der Waals surface area contributed by atoms with Gasteiger partial charge in [0.15, 0.2) is 0 Å². The van der Waals surface area contributed by atoms with E-state index in [1.807, 2.05) is 31.5 Å². The molecule has 0 atom stereocenters. The lowest BCUT2D eigenvalue weighted by Gasteiger charge is -2.14. The van der Waals surface area contributed by atoms with Crippen molar-refractivity contribution in [2.75, 3.05) is 18.0 Å². The van der Waals surface area contributed by atoms with Crippen LogP contribution in [0.2, 0.25) is 0 Å². The summed E-state index contributed by atoms with van der Waals surface area (Å²) in [4.78, 5) is 6.24. The zero-order chi connectivity index (χ0) is 9.97. The molecule has 3 nitrogen and oxygen atoms in total. The van der Waals surface area contributed by atoms with Crippen LogP contribution in [0.25, 0.3) is 0 Å². The average Bonchev–Trinajstić information content (AvgIpc) is 2.70. The van der Waals surface area contributed by atoms with Gasteiger partial charge in [0.1, 0.15) is 0 Å². The Morgan fingerprint density at radius 2 is 2.36 bits per heavy atom. The number of hydrogen-bond acceptors (Lipinski definition) is 3. The van der Waals surface area contributed by atoms with E-state index in [1.165, 1.54) is 0 Å². The van der Waals surface area contributed by atoms with Crippen molar-refractivity contribution in [1.82, 2.24) is 0 Å². The molecular formula is C11H11N3. The van der Waals surface area contributed by atoms with Gasteiger partial charge >= 0.3 is 0 Å². The Kier molecular flexibility index (Phi) is 2.19. The number of nitrogens with zero attached hydrogens (tertiary/aromatic N) is 3. The summed E-state index contributed by atoms with van der Waals surface area (Å²) in [6.07, 6.45) is 1.85. The molecule has 0 amide bonds. The number of rotatable bonds is 1. The zero-order valence-electron chi connectivity index (χ0n) is 8.07. The molecule has 1 aromatic carbocycles. The predicted octanol–water partition coefficient (Wildman–Crippen LogP) is 1.71. The van der Waals surface area contributed by atoms with Gasteiger partial charge in [0.25, 0.3) is 0 Å². The molecule has 2 rings (SSSR count). The molecule has 0 fully saturated rings. The highest BCUT2D eigenvalue weighted by atomic mass is 15.2. The molecule has 0 saturated carbocycles. The van der Waals surface area contributed by atoms with Crippen LogP contribution in [-0.4, -0.2) is 19.4 Å². The maximum Gasteiger partial charge on any atom is 0.0994 e. The highest BCUT2D eigenvalue weighted by Gasteiger charge is 2.08. The Balaban J connectivity index is 2.33. The van der Waals surface area contributed by atoms with E-state index in [0.29, 0.717) is 0 Å². The summed E-state index contributed by atoms with van der Waals surface area (Å²) in [7, 11) is 0. The van der Waals surface area contributed by atoms with Gasteiger partial charge in [0, 0.05) is 12.2 Å². The molecule has 0 saturated heterocycles. The van der Waals surface area contributed by atoms with Gasteiger partial charge in [0.2, 0.25) is 0 Å². The number of aryl methyl sites for hydroxylation is 1. The highest BCUT2D eigenvalue weighted by Crippen LogP contribution is 2.18. The van der Waals surface area contributed by atoms with Crippen LogP contribution in [0.3, 0.4) is 0 Å². The summed E-state index contributed by atoms with van der Waals surface area (Å²) in [5, 5.41) is 8.78. The third-order valence-electron chi connectivity index (χ3n) is 2.35. The van der Waals surface area contributed by atoms with Crippen LogP contribution < -0.4 is 4.90 Å². The van der Waals surface area contributed by atoms with E-state index in [0.717, 1.165) is 29.9 Å². The van der Waals surface area contributed by atoms with Crippen molar-refractivity contribution < 1.29 is 0 Å². The quantitative estimate of drug-likeness (QED) is 0.668. The van der Waals surface area contributed by atoms with Crippen LogP contribution in [-0.2, 0) is 0 Å². The fourth-order valence-corrected chi connectivity index (χ4v) is 1.53. The van der Waals surface area contributed by atoms with E-state index in [2.05, 4.69) is 16.0 Å². The smallest absolute Gasteiger partial charge is 0.0994 e. The SMILES string of the molecule is Cc1cc(N2C=NCC2)ccc1C#N. The van der Waals surface area contributed by atoms with Gasteiger partial charge in [-0.25, -0.2) is 0 Å². The predicted molar refractivity (Wildman–Crippen MR) is 56.6 cm³/mol.